The van der Waals surface area contributed by atoms with E-state index < -0.39 is 22.0 Å². The summed E-state index contributed by atoms with van der Waals surface area (Å²) < 4.78 is 50.7. The molecule has 9 heteroatoms. The smallest absolute Gasteiger partial charge is 0.759 e. The van der Waals surface area contributed by atoms with Gasteiger partial charge in [0.05, 0.1) is 0 Å². The molecule has 0 radical (unpaired) electrons. The van der Waals surface area contributed by atoms with Crippen LogP contribution in [0.1, 0.15) is 0 Å². The van der Waals surface area contributed by atoms with Crippen molar-refractivity contribution >= 4 is 59.7 Å². The normalized spacial score (nSPS) is 7.78. The molecule has 0 saturated carbocycles. The van der Waals surface area contributed by atoms with Gasteiger partial charge >= 0.3 is 49.3 Å². The fourth-order valence-corrected chi connectivity index (χ4v) is 0. The fraction of sp³-hybridized carbons (Fsp3) is 0. The van der Waals surface area contributed by atoms with Gasteiger partial charge in [0.15, 0.2) is 0 Å². The second-order valence-corrected chi connectivity index (χ2v) is 1.43. The Morgan fingerprint density at radius 2 is 1.11 bits per heavy atom. The van der Waals surface area contributed by atoms with Gasteiger partial charge in [0.25, 0.3) is 0 Å². The van der Waals surface area contributed by atoms with Crippen LogP contribution in [0.3, 0.4) is 0 Å². The molecule has 0 spiro atoms. The maximum Gasteiger partial charge on any atom is 2.00 e. The van der Waals surface area contributed by atoms with E-state index in [1.807, 2.05) is 0 Å². The second kappa shape index (κ2) is 8.95. The van der Waals surface area contributed by atoms with Crippen molar-refractivity contribution in [3.8, 4) is 0 Å². The Hall–Kier alpha value is 0.950. The van der Waals surface area contributed by atoms with Gasteiger partial charge in [-0.25, -0.2) is 0 Å². The van der Waals surface area contributed by atoms with E-state index in [1.54, 1.807) is 0 Å². The maximum atomic E-state index is 8.52. The summed E-state index contributed by atoms with van der Waals surface area (Å²) in [6.45, 7) is 0. The third-order valence-corrected chi connectivity index (χ3v) is 0. The minimum atomic E-state index is -5.17. The third kappa shape index (κ3) is 479. The Bertz CT molecular complexity index is 151. The molecule has 0 aromatic rings. The Morgan fingerprint density at radius 1 is 1.11 bits per heavy atom. The summed E-state index contributed by atoms with van der Waals surface area (Å²) in [6.07, 6.45) is 0. The molecule has 0 aromatic carbocycles. The van der Waals surface area contributed by atoms with Crippen LogP contribution in [0, 0.1) is 0 Å². The standard InChI is InChI=1S/Ca.H2O4S.O2S/c;1-5(2,3)4;1-3-2/h;(H2,1,2,3,4);/q+2;;/p-2. The molecule has 9 heavy (non-hydrogen) atoms. The third-order valence-electron chi connectivity index (χ3n) is 0. The molecule has 0 saturated heterocycles. The van der Waals surface area contributed by atoms with Crippen LogP contribution in [0.4, 0.5) is 0 Å². The molecule has 0 aliphatic heterocycles. The molecule has 0 bridgehead atoms. The van der Waals surface area contributed by atoms with Gasteiger partial charge in [0, 0.05) is 10.4 Å². The van der Waals surface area contributed by atoms with Gasteiger partial charge in [-0.3, -0.25) is 8.42 Å². The second-order valence-electron chi connectivity index (χ2n) is 0.476. The first-order valence-electron chi connectivity index (χ1n) is 1.00. The number of hydrogen-bond donors (Lipinski definition) is 0. The monoisotopic (exact) mass is 200 g/mol. The van der Waals surface area contributed by atoms with Crippen LogP contribution in [-0.2, 0) is 22.0 Å². The quantitative estimate of drug-likeness (QED) is 0.245. The van der Waals surface area contributed by atoms with Gasteiger partial charge in [-0.05, 0) is 0 Å². The van der Waals surface area contributed by atoms with Crippen LogP contribution in [-0.4, -0.2) is 63.7 Å². The van der Waals surface area contributed by atoms with Gasteiger partial charge in [-0.15, -0.1) is 0 Å². The summed E-state index contributed by atoms with van der Waals surface area (Å²) in [7, 11) is -5.17. The minimum absolute atomic E-state index is 0. The predicted octanol–water partition coefficient (Wildman–Crippen LogP) is -2.39. The van der Waals surface area contributed by atoms with Crippen molar-refractivity contribution in [1.29, 1.82) is 0 Å². The molecule has 0 aliphatic carbocycles. The molecule has 0 unspecified atom stereocenters. The zero-order valence-electron chi connectivity index (χ0n) is 3.97. The summed E-state index contributed by atoms with van der Waals surface area (Å²) in [4.78, 5) is 0. The zero-order chi connectivity index (χ0) is 7.21. The van der Waals surface area contributed by atoms with Gasteiger partial charge in [-0.2, -0.15) is 8.42 Å². The molecule has 0 rings (SSSR count). The predicted molar refractivity (Wildman–Crippen MR) is 25.1 cm³/mol. The molecule has 6 nitrogen and oxygen atoms in total. The molecular weight excluding hydrogens is 200 g/mol. The van der Waals surface area contributed by atoms with Crippen LogP contribution in [0.25, 0.3) is 0 Å². The van der Waals surface area contributed by atoms with Crippen molar-refractivity contribution in [2.75, 3.05) is 0 Å². The number of rotatable bonds is 0. The van der Waals surface area contributed by atoms with E-state index in [9.17, 15) is 0 Å². The SMILES string of the molecule is O=S(=O)([O-])[O-].O=S=O.[Ca+2]. The van der Waals surface area contributed by atoms with Crippen LogP contribution in [0.15, 0.2) is 0 Å². The van der Waals surface area contributed by atoms with E-state index in [0.29, 0.717) is 0 Å². The average molecular weight is 200 g/mol. The van der Waals surface area contributed by atoms with Crippen LogP contribution >= 0.6 is 0 Å². The van der Waals surface area contributed by atoms with Crippen LogP contribution in [0.5, 0.6) is 0 Å². The van der Waals surface area contributed by atoms with E-state index in [-0.39, 0.29) is 37.7 Å². The minimum Gasteiger partial charge on any atom is -0.759 e. The van der Waals surface area contributed by atoms with Crippen molar-refractivity contribution in [3.63, 3.8) is 0 Å². The van der Waals surface area contributed by atoms with Gasteiger partial charge in [-0.1, -0.05) is 0 Å². The van der Waals surface area contributed by atoms with Crippen molar-refractivity contribution in [2.24, 2.45) is 0 Å². The summed E-state index contributed by atoms with van der Waals surface area (Å²) >= 11 is -0.750. The Balaban J connectivity index is -0.0000000800. The first kappa shape index (κ1) is 16.5. The van der Waals surface area contributed by atoms with Crippen molar-refractivity contribution in [1.82, 2.24) is 0 Å². The molecule has 0 amide bonds. The van der Waals surface area contributed by atoms with Gasteiger partial charge < -0.3 is 9.11 Å². The zero-order valence-corrected chi connectivity index (χ0v) is 7.81. The van der Waals surface area contributed by atoms with E-state index in [2.05, 4.69) is 0 Å². The first-order valence-corrected chi connectivity index (χ1v) is 3.00. The van der Waals surface area contributed by atoms with E-state index in [0.717, 1.165) is 0 Å². The Labute approximate surface area is 84.8 Å². The van der Waals surface area contributed by atoms with Crippen LogP contribution < -0.4 is 0 Å². The first-order chi connectivity index (χ1) is 3.41. The maximum absolute atomic E-state index is 8.52. The molecule has 50 valence electrons. The van der Waals surface area contributed by atoms with Crippen molar-refractivity contribution in [2.45, 2.75) is 0 Å². The molecule has 0 heterocycles. The van der Waals surface area contributed by atoms with E-state index >= 15 is 0 Å². The number of hydrogen-bond acceptors (Lipinski definition) is 6. The summed E-state index contributed by atoms with van der Waals surface area (Å²) in [5.74, 6) is 0. The van der Waals surface area contributed by atoms with Gasteiger partial charge in [0.2, 0.25) is 0 Å². The fourth-order valence-electron chi connectivity index (χ4n) is 0. The molecule has 0 atom stereocenters. The summed E-state index contributed by atoms with van der Waals surface area (Å²) in [5, 5.41) is 0. The molecule has 0 fully saturated rings. The van der Waals surface area contributed by atoms with Crippen molar-refractivity contribution in [3.05, 3.63) is 0 Å². The summed E-state index contributed by atoms with van der Waals surface area (Å²) in [5.41, 5.74) is 0. The van der Waals surface area contributed by atoms with Crippen LogP contribution in [0.2, 0.25) is 0 Å². The molecule has 0 N–H and O–H groups in total. The molecule has 0 aromatic heterocycles. The van der Waals surface area contributed by atoms with E-state index in [4.69, 9.17) is 25.9 Å². The molecular formula is CaO6S2. The summed E-state index contributed by atoms with van der Waals surface area (Å²) in [6, 6.07) is 0. The van der Waals surface area contributed by atoms with Crippen molar-refractivity contribution < 1.29 is 25.9 Å². The molecule has 0 aliphatic rings. The average Bonchev–Trinajstić information content (AvgIpc) is 1.27. The van der Waals surface area contributed by atoms with E-state index in [1.165, 1.54) is 0 Å². The largest absolute Gasteiger partial charge is 2.00 e. The Kier molecular flexibility index (Phi) is 16.4. The topological polar surface area (TPSA) is 114 Å². The van der Waals surface area contributed by atoms with Gasteiger partial charge in [0.1, 0.15) is 0 Å². The Morgan fingerprint density at radius 3 is 1.11 bits per heavy atom.